The summed E-state index contributed by atoms with van der Waals surface area (Å²) in [7, 11) is 1.71. The van der Waals surface area contributed by atoms with E-state index in [0.717, 1.165) is 82.2 Å². The Kier molecular flexibility index (Phi) is 39.3. The third kappa shape index (κ3) is 27.8. The average molecular weight is 740 g/mol. The minimum absolute atomic E-state index is 0.214. The zero-order valence-electron chi connectivity index (χ0n) is 38.1. The number of hydrogen-bond acceptors (Lipinski definition) is 7. The Labute approximate surface area is 330 Å². The van der Waals surface area contributed by atoms with Crippen LogP contribution in [0.1, 0.15) is 161 Å². The summed E-state index contributed by atoms with van der Waals surface area (Å²) in [5.41, 5.74) is 6.59. The van der Waals surface area contributed by atoms with Crippen LogP contribution in [-0.4, -0.2) is 66.0 Å². The van der Waals surface area contributed by atoms with Crippen LogP contribution in [0, 0.1) is 17.2 Å². The molecule has 1 atom stereocenters. The first-order chi connectivity index (χ1) is 25.2. The highest BCUT2D eigenvalue weighted by atomic mass is 16.5. The van der Waals surface area contributed by atoms with E-state index >= 15 is 0 Å². The maximum atomic E-state index is 8.55. The molecule has 0 radical (unpaired) electrons. The van der Waals surface area contributed by atoms with Gasteiger partial charge in [-0.1, -0.05) is 101 Å². The lowest BCUT2D eigenvalue weighted by Gasteiger charge is -2.40. The second-order valence-electron chi connectivity index (χ2n) is 13.2. The largest absolute Gasteiger partial charge is 0.474 e. The van der Waals surface area contributed by atoms with Crippen molar-refractivity contribution in [1.82, 2.24) is 14.8 Å². The van der Waals surface area contributed by atoms with E-state index in [9.17, 15) is 0 Å². The van der Waals surface area contributed by atoms with E-state index in [1.54, 1.807) is 19.4 Å². The normalized spacial score (nSPS) is 13.8. The Morgan fingerprint density at radius 2 is 1.55 bits per heavy atom. The molecule has 7 heteroatoms. The summed E-state index contributed by atoms with van der Waals surface area (Å²) in [6, 6.07) is 5.64. The molecule has 1 aromatic heterocycles. The van der Waals surface area contributed by atoms with Crippen LogP contribution in [-0.2, 0) is 15.9 Å². The van der Waals surface area contributed by atoms with Gasteiger partial charge in [-0.3, -0.25) is 9.98 Å². The van der Waals surface area contributed by atoms with E-state index in [0.29, 0.717) is 11.5 Å². The van der Waals surface area contributed by atoms with Crippen LogP contribution in [0.3, 0.4) is 0 Å². The molecule has 0 spiro atoms. The van der Waals surface area contributed by atoms with Gasteiger partial charge in [0.05, 0.1) is 11.6 Å². The molecule has 2 heterocycles. The van der Waals surface area contributed by atoms with Gasteiger partial charge in [-0.05, 0) is 97.4 Å². The van der Waals surface area contributed by atoms with Crippen molar-refractivity contribution in [3.8, 4) is 6.07 Å². The number of nitriles is 1. The fourth-order valence-corrected chi connectivity index (χ4v) is 4.92. The second-order valence-corrected chi connectivity index (χ2v) is 13.2. The number of aryl methyl sites for hydroxylation is 1. The van der Waals surface area contributed by atoms with Gasteiger partial charge in [0.2, 0.25) is 0 Å². The van der Waals surface area contributed by atoms with Crippen LogP contribution in [0.15, 0.2) is 71.0 Å². The third-order valence-corrected chi connectivity index (χ3v) is 7.47. The SMILES string of the molecule is C=C(OC(C)(C)C)N1CCN(/C(C)=C(C(=C/C)\C(C)CC)/C(C)=N/C=C/CC)CC1.CC.CC.CCC.CCCOC.CCCc1cc(C#N)ccn1. The molecular weight excluding hydrogens is 655 g/mol. The van der Waals surface area contributed by atoms with Gasteiger partial charge in [0.1, 0.15) is 5.60 Å². The molecule has 0 amide bonds. The van der Waals surface area contributed by atoms with Gasteiger partial charge in [-0.2, -0.15) is 5.26 Å². The Balaban J connectivity index is -0.000000424. The van der Waals surface area contributed by atoms with Crippen LogP contribution in [0.25, 0.3) is 0 Å². The van der Waals surface area contributed by atoms with Crippen molar-refractivity contribution in [2.75, 3.05) is 39.9 Å². The Bertz CT molecular complexity index is 1190. The van der Waals surface area contributed by atoms with Crippen molar-refractivity contribution in [2.24, 2.45) is 10.9 Å². The molecule has 0 saturated carbocycles. The topological polar surface area (TPSA) is 74.0 Å². The predicted octanol–water partition coefficient (Wildman–Crippen LogP) is 13.0. The molecule has 0 bridgehead atoms. The van der Waals surface area contributed by atoms with Crippen LogP contribution in [0.4, 0.5) is 0 Å². The van der Waals surface area contributed by atoms with Gasteiger partial charge < -0.3 is 19.3 Å². The van der Waals surface area contributed by atoms with Gasteiger partial charge in [0.15, 0.2) is 5.88 Å². The fraction of sp³-hybridized carbons (Fsp3) is 0.674. The fourth-order valence-electron chi connectivity index (χ4n) is 4.92. The van der Waals surface area contributed by atoms with E-state index in [4.69, 9.17) is 19.7 Å². The van der Waals surface area contributed by atoms with E-state index in [1.165, 1.54) is 23.3 Å². The molecular formula is C46H85N5O2. The minimum Gasteiger partial charge on any atom is -0.474 e. The molecule has 1 aromatic rings. The Morgan fingerprint density at radius 3 is 1.94 bits per heavy atom. The number of pyridine rings is 1. The van der Waals surface area contributed by atoms with E-state index in [2.05, 4.69) is 130 Å². The lowest BCUT2D eigenvalue weighted by Crippen LogP contribution is -2.46. The summed E-state index contributed by atoms with van der Waals surface area (Å²) >= 11 is 0. The highest BCUT2D eigenvalue weighted by Gasteiger charge is 2.25. The Hall–Kier alpha value is -3.37. The molecule has 0 aromatic carbocycles. The second kappa shape index (κ2) is 37.0. The van der Waals surface area contributed by atoms with Gasteiger partial charge in [-0.25, -0.2) is 0 Å². The summed E-state index contributed by atoms with van der Waals surface area (Å²) in [4.78, 5) is 13.6. The number of hydrogen-bond donors (Lipinski definition) is 0. The number of aromatic nitrogens is 1. The molecule has 1 aliphatic heterocycles. The number of aliphatic imine (C=N–C) groups is 1. The first kappa shape index (κ1) is 56.4. The lowest BCUT2D eigenvalue weighted by molar-refractivity contribution is -0.00707. The zero-order valence-corrected chi connectivity index (χ0v) is 38.1. The monoisotopic (exact) mass is 740 g/mol. The van der Waals surface area contributed by atoms with Gasteiger partial charge >= 0.3 is 0 Å². The predicted molar refractivity (Wildman–Crippen MR) is 235 cm³/mol. The number of ether oxygens (including phenoxy) is 2. The smallest absolute Gasteiger partial charge is 0.182 e. The van der Waals surface area contributed by atoms with Crippen molar-refractivity contribution in [3.63, 3.8) is 0 Å². The van der Waals surface area contributed by atoms with Crippen LogP contribution < -0.4 is 0 Å². The van der Waals surface area contributed by atoms with Crippen molar-refractivity contribution in [1.29, 1.82) is 5.26 Å². The van der Waals surface area contributed by atoms with Crippen LogP contribution in [0.2, 0.25) is 0 Å². The summed E-state index contributed by atoms with van der Waals surface area (Å²) in [5.74, 6) is 1.28. The quantitative estimate of drug-likeness (QED) is 0.114. The highest BCUT2D eigenvalue weighted by molar-refractivity contribution is 6.03. The number of methoxy groups -OCH3 is 1. The molecule has 1 aliphatic rings. The molecule has 306 valence electrons. The summed E-state index contributed by atoms with van der Waals surface area (Å²) in [5, 5.41) is 8.55. The van der Waals surface area contributed by atoms with Crippen LogP contribution in [0.5, 0.6) is 0 Å². The zero-order chi connectivity index (χ0) is 41.8. The standard InChI is InChI=1S/C26H45N3O.C9H10N2.C4H10O.C3H8.2C2H6/c1-11-14-15-27-21(5)25(24(13-3)20(4)12-2)22(6)28-16-18-29(19-17-28)23(7)30-26(8,9)10;1-2-3-9-6-8(7-10)4-5-11-9;1-3-4-5-2;1-3-2;2*1-2/h13-15,20H,7,11-12,16-19H2,1-6,8-10H3;4-6H,2-3H2,1H3;3-4H2,1-2H3;3H2,1-2H3;2*1-2H3/b15-14+,24-13-,25-22-,27-21+;;;;;. The highest BCUT2D eigenvalue weighted by Crippen LogP contribution is 2.29. The summed E-state index contributed by atoms with van der Waals surface area (Å²) < 4.78 is 10.7. The molecule has 7 nitrogen and oxygen atoms in total. The first-order valence-corrected chi connectivity index (χ1v) is 20.5. The van der Waals surface area contributed by atoms with Crippen molar-refractivity contribution in [3.05, 3.63) is 77.2 Å². The summed E-state index contributed by atoms with van der Waals surface area (Å²) in [6.45, 7) is 44.7. The lowest BCUT2D eigenvalue weighted by atomic mass is 9.87. The summed E-state index contributed by atoms with van der Waals surface area (Å²) in [6.07, 6.45) is 14.5. The first-order valence-electron chi connectivity index (χ1n) is 20.5. The molecule has 1 fully saturated rings. The van der Waals surface area contributed by atoms with Gasteiger partial charge in [-0.15, -0.1) is 0 Å². The third-order valence-electron chi connectivity index (χ3n) is 7.47. The molecule has 0 aliphatic carbocycles. The molecule has 1 unspecified atom stereocenters. The average Bonchev–Trinajstić information content (AvgIpc) is 3.15. The molecule has 1 saturated heterocycles. The van der Waals surface area contributed by atoms with Crippen molar-refractivity contribution < 1.29 is 9.47 Å². The van der Waals surface area contributed by atoms with Gasteiger partial charge in [0, 0.05) is 75.0 Å². The van der Waals surface area contributed by atoms with E-state index in [1.807, 2.05) is 40.0 Å². The van der Waals surface area contributed by atoms with Crippen molar-refractivity contribution >= 4 is 5.71 Å². The molecule has 0 N–H and O–H groups in total. The maximum Gasteiger partial charge on any atom is 0.182 e. The number of rotatable bonds is 13. The van der Waals surface area contributed by atoms with E-state index < -0.39 is 0 Å². The minimum atomic E-state index is -0.214. The Morgan fingerprint density at radius 1 is 1.00 bits per heavy atom. The van der Waals surface area contributed by atoms with Crippen molar-refractivity contribution in [2.45, 2.75) is 162 Å². The van der Waals surface area contributed by atoms with Crippen LogP contribution >= 0.6 is 0 Å². The van der Waals surface area contributed by atoms with E-state index in [-0.39, 0.29) is 5.60 Å². The number of piperazine rings is 1. The number of allylic oxidation sites excluding steroid dienone is 5. The molecule has 2 rings (SSSR count). The van der Waals surface area contributed by atoms with Gasteiger partial charge in [0.25, 0.3) is 0 Å². The maximum absolute atomic E-state index is 8.55. The molecule has 53 heavy (non-hydrogen) atoms. The number of nitrogens with zero attached hydrogens (tertiary/aromatic N) is 5.